The van der Waals surface area contributed by atoms with E-state index in [4.69, 9.17) is 23.2 Å². The summed E-state index contributed by atoms with van der Waals surface area (Å²) in [6, 6.07) is 8.79. The molecule has 0 radical (unpaired) electrons. The lowest BCUT2D eigenvalue weighted by Crippen LogP contribution is -2.53. The van der Waals surface area contributed by atoms with E-state index >= 15 is 0 Å². The lowest BCUT2D eigenvalue weighted by Gasteiger charge is -2.33. The number of amides is 2. The molecule has 0 aromatic heterocycles. The van der Waals surface area contributed by atoms with Crippen LogP contribution in [0.3, 0.4) is 0 Å². The molecule has 0 saturated heterocycles. The maximum absolute atomic E-state index is 13.6. The van der Waals surface area contributed by atoms with E-state index in [2.05, 4.69) is 5.32 Å². The summed E-state index contributed by atoms with van der Waals surface area (Å²) >= 11 is 12.7. The molecule has 11 heteroatoms. The third-order valence-electron chi connectivity index (χ3n) is 6.30. The van der Waals surface area contributed by atoms with E-state index in [-0.39, 0.29) is 24.2 Å². The molecule has 2 aromatic carbocycles. The third-order valence-corrected chi connectivity index (χ3v) is 8.15. The van der Waals surface area contributed by atoms with Crippen molar-refractivity contribution in [1.29, 1.82) is 0 Å². The molecule has 3 rings (SSSR count). The Morgan fingerprint density at radius 3 is 2.19 bits per heavy atom. The molecule has 1 aliphatic rings. The number of anilines is 1. The molecule has 7 nitrogen and oxygen atoms in total. The highest BCUT2D eigenvalue weighted by Crippen LogP contribution is 2.27. The average Bonchev–Trinajstić information content (AvgIpc) is 2.82. The fraction of sp³-hybridized carbons (Fsp3) is 0.440. The minimum Gasteiger partial charge on any atom is -0.352 e. The summed E-state index contributed by atoms with van der Waals surface area (Å²) in [7, 11) is -3.91. The van der Waals surface area contributed by atoms with Gasteiger partial charge in [-0.3, -0.25) is 13.9 Å². The molecule has 0 heterocycles. The topological polar surface area (TPSA) is 86.8 Å². The SMILES string of the molecule is C[C@H](C(=O)NC1CCCCC1)N(Cc1c(Cl)cccc1Cl)C(=O)CN(c1ccc(F)cc1)S(C)(=O)=O. The molecule has 196 valence electrons. The quantitative estimate of drug-likeness (QED) is 0.481. The number of nitrogens with zero attached hydrogens (tertiary/aromatic N) is 2. The van der Waals surface area contributed by atoms with Gasteiger partial charge in [0.15, 0.2) is 0 Å². The Balaban J connectivity index is 1.91. The number of halogens is 3. The van der Waals surface area contributed by atoms with Crippen molar-refractivity contribution in [3.05, 3.63) is 63.9 Å². The number of hydrogen-bond acceptors (Lipinski definition) is 4. The van der Waals surface area contributed by atoms with Crippen LogP contribution in [-0.2, 0) is 26.2 Å². The third kappa shape index (κ3) is 7.33. The van der Waals surface area contributed by atoms with Crippen LogP contribution < -0.4 is 9.62 Å². The van der Waals surface area contributed by atoms with Gasteiger partial charge in [-0.05, 0) is 56.2 Å². The predicted octanol–water partition coefficient (Wildman–Crippen LogP) is 4.76. The molecule has 1 saturated carbocycles. The van der Waals surface area contributed by atoms with Crippen molar-refractivity contribution < 1.29 is 22.4 Å². The lowest BCUT2D eigenvalue weighted by atomic mass is 9.95. The molecule has 1 N–H and O–H groups in total. The number of rotatable bonds is 9. The van der Waals surface area contributed by atoms with Gasteiger partial charge in [-0.1, -0.05) is 48.5 Å². The van der Waals surface area contributed by atoms with Crippen LogP contribution in [0.1, 0.15) is 44.6 Å². The van der Waals surface area contributed by atoms with Crippen LogP contribution in [0.15, 0.2) is 42.5 Å². The first-order valence-corrected chi connectivity index (χ1v) is 14.3. The molecule has 0 bridgehead atoms. The Kier molecular flexibility index (Phi) is 9.60. The van der Waals surface area contributed by atoms with Gasteiger partial charge in [0, 0.05) is 28.2 Å². The zero-order valence-corrected chi connectivity index (χ0v) is 22.5. The van der Waals surface area contributed by atoms with Crippen molar-refractivity contribution in [2.24, 2.45) is 0 Å². The molecule has 2 aromatic rings. The van der Waals surface area contributed by atoms with Gasteiger partial charge in [-0.15, -0.1) is 0 Å². The zero-order valence-electron chi connectivity index (χ0n) is 20.2. The Morgan fingerprint density at radius 2 is 1.64 bits per heavy atom. The number of hydrogen-bond donors (Lipinski definition) is 1. The monoisotopic (exact) mass is 557 g/mol. The Hall–Kier alpha value is -2.36. The Bertz CT molecular complexity index is 1170. The number of nitrogens with one attached hydrogen (secondary N) is 1. The van der Waals surface area contributed by atoms with Gasteiger partial charge in [0.25, 0.3) is 0 Å². The van der Waals surface area contributed by atoms with E-state index in [1.807, 2.05) is 0 Å². The summed E-state index contributed by atoms with van der Waals surface area (Å²) < 4.78 is 39.4. The van der Waals surface area contributed by atoms with Gasteiger partial charge >= 0.3 is 0 Å². The van der Waals surface area contributed by atoms with Gasteiger partial charge in [0.05, 0.1) is 11.9 Å². The number of benzene rings is 2. The maximum atomic E-state index is 13.6. The fourth-order valence-electron chi connectivity index (χ4n) is 4.23. The molecule has 0 aliphatic heterocycles. The summed E-state index contributed by atoms with van der Waals surface area (Å²) in [6.45, 7) is 0.898. The molecular weight excluding hydrogens is 528 g/mol. The fourth-order valence-corrected chi connectivity index (χ4v) is 5.59. The first-order valence-electron chi connectivity index (χ1n) is 11.7. The van der Waals surface area contributed by atoms with E-state index in [0.717, 1.165) is 54.8 Å². The predicted molar refractivity (Wildman–Crippen MR) is 140 cm³/mol. The number of carbonyl (C=O) groups excluding carboxylic acids is 2. The maximum Gasteiger partial charge on any atom is 0.244 e. The van der Waals surface area contributed by atoms with E-state index in [9.17, 15) is 22.4 Å². The molecule has 1 fully saturated rings. The zero-order chi connectivity index (χ0) is 26.5. The van der Waals surface area contributed by atoms with Crippen LogP contribution >= 0.6 is 23.2 Å². The van der Waals surface area contributed by atoms with Gasteiger partial charge in [-0.2, -0.15) is 0 Å². The first-order chi connectivity index (χ1) is 17.0. The van der Waals surface area contributed by atoms with Crippen molar-refractivity contribution >= 4 is 50.7 Å². The van der Waals surface area contributed by atoms with Crippen LogP contribution in [0.25, 0.3) is 0 Å². The second-order valence-corrected chi connectivity index (χ2v) is 11.7. The van der Waals surface area contributed by atoms with Gasteiger partial charge < -0.3 is 10.2 Å². The Labute approximate surface area is 221 Å². The summed E-state index contributed by atoms with van der Waals surface area (Å²) in [6.07, 6.45) is 5.88. The van der Waals surface area contributed by atoms with Crippen LogP contribution in [0.4, 0.5) is 10.1 Å². The Morgan fingerprint density at radius 1 is 1.06 bits per heavy atom. The second-order valence-electron chi connectivity index (χ2n) is 8.99. The van der Waals surface area contributed by atoms with E-state index in [0.29, 0.717) is 15.6 Å². The summed E-state index contributed by atoms with van der Waals surface area (Å²) in [5.41, 5.74) is 0.571. The largest absolute Gasteiger partial charge is 0.352 e. The highest BCUT2D eigenvalue weighted by Gasteiger charge is 2.32. The first kappa shape index (κ1) is 28.2. The highest BCUT2D eigenvalue weighted by molar-refractivity contribution is 7.92. The van der Waals surface area contributed by atoms with Crippen LogP contribution in [0.5, 0.6) is 0 Å². The van der Waals surface area contributed by atoms with Crippen LogP contribution in [-0.4, -0.2) is 50.0 Å². The number of sulfonamides is 1. The normalized spacial score (nSPS) is 15.2. The van der Waals surface area contributed by atoms with Gasteiger partial charge in [0.2, 0.25) is 21.8 Å². The van der Waals surface area contributed by atoms with E-state index in [1.54, 1.807) is 25.1 Å². The molecule has 36 heavy (non-hydrogen) atoms. The standard InChI is InChI=1S/C25H30Cl2FN3O4S/c1-17(25(33)29-19-7-4-3-5-8-19)30(15-21-22(26)9-6-10-23(21)27)24(32)16-31(36(2,34)35)20-13-11-18(28)12-14-20/h6,9-14,17,19H,3-5,7-8,15-16H2,1-2H3,(H,29,33)/t17-/m1/s1. The lowest BCUT2D eigenvalue weighted by molar-refractivity contribution is -0.139. The summed E-state index contributed by atoms with van der Waals surface area (Å²) in [4.78, 5) is 28.0. The molecule has 0 spiro atoms. The molecule has 1 atom stereocenters. The average molecular weight is 559 g/mol. The van der Waals surface area contributed by atoms with Crippen molar-refractivity contribution in [2.45, 2.75) is 57.7 Å². The summed E-state index contributed by atoms with van der Waals surface area (Å²) in [5.74, 6) is -1.51. The van der Waals surface area contributed by atoms with E-state index in [1.165, 1.54) is 17.0 Å². The molecular formula is C25H30Cl2FN3O4S. The molecule has 0 unspecified atom stereocenters. The summed E-state index contributed by atoms with van der Waals surface area (Å²) in [5, 5.41) is 3.65. The highest BCUT2D eigenvalue weighted by atomic mass is 35.5. The number of carbonyl (C=O) groups is 2. The van der Waals surface area contributed by atoms with Crippen molar-refractivity contribution in [3.63, 3.8) is 0 Å². The molecule has 1 aliphatic carbocycles. The van der Waals surface area contributed by atoms with Crippen molar-refractivity contribution in [2.75, 3.05) is 17.1 Å². The molecule has 2 amide bonds. The van der Waals surface area contributed by atoms with Gasteiger partial charge in [-0.25, -0.2) is 12.8 Å². The van der Waals surface area contributed by atoms with E-state index < -0.39 is 34.3 Å². The van der Waals surface area contributed by atoms with Crippen molar-refractivity contribution in [1.82, 2.24) is 10.2 Å². The minimum absolute atomic E-state index is 0.0290. The van der Waals surface area contributed by atoms with Crippen molar-refractivity contribution in [3.8, 4) is 0 Å². The second kappa shape index (κ2) is 12.3. The van der Waals surface area contributed by atoms with Crippen LogP contribution in [0, 0.1) is 5.82 Å². The van der Waals surface area contributed by atoms with Crippen LogP contribution in [0.2, 0.25) is 10.0 Å². The van der Waals surface area contributed by atoms with Gasteiger partial charge in [0.1, 0.15) is 18.4 Å². The minimum atomic E-state index is -3.91. The smallest absolute Gasteiger partial charge is 0.244 e.